The van der Waals surface area contributed by atoms with Crippen molar-refractivity contribution < 1.29 is 23.9 Å². The van der Waals surface area contributed by atoms with Gasteiger partial charge in [0.15, 0.2) is 0 Å². The van der Waals surface area contributed by atoms with E-state index in [4.69, 9.17) is 9.47 Å². The molecule has 4 atom stereocenters. The van der Waals surface area contributed by atoms with Crippen molar-refractivity contribution in [3.63, 3.8) is 0 Å². The normalized spacial score (nSPS) is 20.3. The first kappa shape index (κ1) is 35.6. The second kappa shape index (κ2) is 18.7. The van der Waals surface area contributed by atoms with Gasteiger partial charge in [-0.25, -0.2) is 0 Å². The lowest BCUT2D eigenvalue weighted by atomic mass is 9.82. The summed E-state index contributed by atoms with van der Waals surface area (Å²) in [6, 6.07) is 40.1. The fourth-order valence-corrected chi connectivity index (χ4v) is 6.99. The van der Waals surface area contributed by atoms with E-state index in [1.54, 1.807) is 6.92 Å². The molecule has 7 nitrogen and oxygen atoms in total. The summed E-state index contributed by atoms with van der Waals surface area (Å²) >= 11 is 0. The van der Waals surface area contributed by atoms with Crippen molar-refractivity contribution in [2.45, 2.75) is 70.7 Å². The zero-order chi connectivity index (χ0) is 34.3. The summed E-state index contributed by atoms with van der Waals surface area (Å²) in [5.74, 6) is 0.127. The molecule has 256 valence electrons. The number of rotatable bonds is 10. The maximum Gasteiger partial charge on any atom is 0.306 e. The zero-order valence-electron chi connectivity index (χ0n) is 28.4. The largest absolute Gasteiger partial charge is 0.461 e. The Bertz CT molecular complexity index is 1580. The van der Waals surface area contributed by atoms with E-state index in [9.17, 15) is 14.4 Å². The number of esters is 2. The van der Waals surface area contributed by atoms with Crippen LogP contribution in [0.3, 0.4) is 0 Å². The molecular formula is C42H48N2O5. The number of carbonyl (C=O) groups excluding carboxylic acids is 3. The standard InChI is InChI=1S/C22H25NO3.C20H23NO2/c1-17(24)23-14-8-13-20(22(23)19-11-6-3-7-12-19)15-21(25)26-16-18-9-4-2-5-10-18;22-19(23-15-16-8-3-1-4-9-16)14-18-12-7-13-21-20(18)17-10-5-2-6-11-17/h2-7,9-12,20,22H,8,13-16H2,1H3;1-6,8-11,18,20-21H,7,12-15H2/t20-,22+;18-,20+/m11/s1. The Balaban J connectivity index is 0.000000192. The summed E-state index contributed by atoms with van der Waals surface area (Å²) < 4.78 is 10.9. The van der Waals surface area contributed by atoms with Crippen molar-refractivity contribution in [3.05, 3.63) is 144 Å². The third kappa shape index (κ3) is 10.9. The molecule has 7 heteroatoms. The molecule has 2 fully saturated rings. The molecule has 0 spiro atoms. The smallest absolute Gasteiger partial charge is 0.306 e. The highest BCUT2D eigenvalue weighted by atomic mass is 16.5. The van der Waals surface area contributed by atoms with Gasteiger partial charge < -0.3 is 19.7 Å². The number of ether oxygens (including phenoxy) is 2. The first-order chi connectivity index (χ1) is 24.0. The van der Waals surface area contributed by atoms with E-state index >= 15 is 0 Å². The Hall–Kier alpha value is -4.75. The number of nitrogens with zero attached hydrogens (tertiary/aromatic N) is 1. The molecule has 4 aromatic rings. The van der Waals surface area contributed by atoms with E-state index in [1.807, 2.05) is 102 Å². The minimum absolute atomic E-state index is 0.0567. The molecule has 0 bridgehead atoms. The van der Waals surface area contributed by atoms with Gasteiger partial charge in [0.05, 0.1) is 18.9 Å². The number of hydrogen-bond acceptors (Lipinski definition) is 6. The fraction of sp³-hybridized carbons (Fsp3) is 0.357. The second-order valence-electron chi connectivity index (χ2n) is 12.9. The summed E-state index contributed by atoms with van der Waals surface area (Å²) in [5, 5.41) is 3.56. The van der Waals surface area contributed by atoms with E-state index in [0.29, 0.717) is 32.0 Å². The number of amides is 1. The number of benzene rings is 4. The third-order valence-electron chi connectivity index (χ3n) is 9.39. The first-order valence-corrected chi connectivity index (χ1v) is 17.5. The topological polar surface area (TPSA) is 84.9 Å². The van der Waals surface area contributed by atoms with Gasteiger partial charge in [-0.05, 0) is 66.3 Å². The Morgan fingerprint density at radius 1 is 0.633 bits per heavy atom. The maximum absolute atomic E-state index is 12.4. The zero-order valence-corrected chi connectivity index (χ0v) is 28.4. The van der Waals surface area contributed by atoms with Crippen LogP contribution in [0.2, 0.25) is 0 Å². The van der Waals surface area contributed by atoms with Gasteiger partial charge in [0.25, 0.3) is 0 Å². The lowest BCUT2D eigenvalue weighted by Gasteiger charge is -2.41. The first-order valence-electron chi connectivity index (χ1n) is 17.5. The molecular weight excluding hydrogens is 612 g/mol. The van der Waals surface area contributed by atoms with Crippen LogP contribution in [-0.2, 0) is 37.1 Å². The lowest BCUT2D eigenvalue weighted by Crippen LogP contribution is -2.42. The van der Waals surface area contributed by atoms with Gasteiger partial charge in [0, 0.05) is 19.5 Å². The van der Waals surface area contributed by atoms with Crippen LogP contribution in [-0.4, -0.2) is 35.8 Å². The Morgan fingerprint density at radius 2 is 1.10 bits per heavy atom. The summed E-state index contributed by atoms with van der Waals surface area (Å²) in [5.41, 5.74) is 4.35. The Labute approximate surface area is 290 Å². The van der Waals surface area contributed by atoms with Gasteiger partial charge >= 0.3 is 11.9 Å². The highest BCUT2D eigenvalue weighted by Crippen LogP contribution is 2.38. The molecule has 1 amide bonds. The molecule has 2 aliphatic heterocycles. The minimum Gasteiger partial charge on any atom is -0.461 e. The third-order valence-corrected chi connectivity index (χ3v) is 9.39. The molecule has 6 rings (SSSR count). The number of carbonyl (C=O) groups is 3. The quantitative estimate of drug-likeness (QED) is 0.174. The molecule has 4 aromatic carbocycles. The number of piperidine rings is 2. The van der Waals surface area contributed by atoms with Crippen LogP contribution in [0.15, 0.2) is 121 Å². The summed E-state index contributed by atoms with van der Waals surface area (Å²) in [4.78, 5) is 38.7. The lowest BCUT2D eigenvalue weighted by molar-refractivity contribution is -0.149. The summed E-state index contributed by atoms with van der Waals surface area (Å²) in [6.45, 7) is 4.00. The molecule has 2 heterocycles. The van der Waals surface area contributed by atoms with Crippen LogP contribution in [0, 0.1) is 11.8 Å². The van der Waals surface area contributed by atoms with Gasteiger partial charge in [-0.3, -0.25) is 14.4 Å². The second-order valence-corrected chi connectivity index (χ2v) is 12.9. The van der Waals surface area contributed by atoms with Gasteiger partial charge in [0.2, 0.25) is 5.91 Å². The van der Waals surface area contributed by atoms with Gasteiger partial charge in [-0.2, -0.15) is 0 Å². The van der Waals surface area contributed by atoms with Crippen LogP contribution in [0.1, 0.15) is 79.8 Å². The average molecular weight is 661 g/mol. The minimum atomic E-state index is -0.204. The van der Waals surface area contributed by atoms with Crippen LogP contribution in [0.25, 0.3) is 0 Å². The highest BCUT2D eigenvalue weighted by molar-refractivity contribution is 5.74. The molecule has 0 unspecified atom stereocenters. The Morgan fingerprint density at radius 3 is 1.63 bits per heavy atom. The van der Waals surface area contributed by atoms with Crippen LogP contribution >= 0.6 is 0 Å². The van der Waals surface area contributed by atoms with Gasteiger partial charge in [0.1, 0.15) is 13.2 Å². The van der Waals surface area contributed by atoms with Crippen molar-refractivity contribution >= 4 is 17.8 Å². The van der Waals surface area contributed by atoms with E-state index < -0.39 is 0 Å². The van der Waals surface area contributed by atoms with E-state index in [1.165, 1.54) is 5.56 Å². The highest BCUT2D eigenvalue weighted by Gasteiger charge is 2.35. The molecule has 49 heavy (non-hydrogen) atoms. The van der Waals surface area contributed by atoms with Crippen molar-refractivity contribution in [1.82, 2.24) is 10.2 Å². The summed E-state index contributed by atoms with van der Waals surface area (Å²) in [7, 11) is 0. The van der Waals surface area contributed by atoms with E-state index in [-0.39, 0.29) is 35.8 Å². The molecule has 2 saturated heterocycles. The fourth-order valence-electron chi connectivity index (χ4n) is 6.99. The molecule has 0 aliphatic carbocycles. The number of likely N-dealkylation sites (tertiary alicyclic amines) is 1. The van der Waals surface area contributed by atoms with E-state index in [0.717, 1.165) is 55.5 Å². The number of nitrogens with one attached hydrogen (secondary N) is 1. The number of hydrogen-bond donors (Lipinski definition) is 1. The van der Waals surface area contributed by atoms with Crippen molar-refractivity contribution in [2.75, 3.05) is 13.1 Å². The van der Waals surface area contributed by atoms with Gasteiger partial charge in [-0.1, -0.05) is 121 Å². The van der Waals surface area contributed by atoms with Crippen molar-refractivity contribution in [2.24, 2.45) is 11.8 Å². The predicted octanol–water partition coefficient (Wildman–Crippen LogP) is 7.98. The van der Waals surface area contributed by atoms with Crippen LogP contribution < -0.4 is 5.32 Å². The molecule has 1 N–H and O–H groups in total. The molecule has 0 aromatic heterocycles. The van der Waals surface area contributed by atoms with Crippen LogP contribution in [0.5, 0.6) is 0 Å². The monoisotopic (exact) mass is 660 g/mol. The van der Waals surface area contributed by atoms with Gasteiger partial charge in [-0.15, -0.1) is 0 Å². The van der Waals surface area contributed by atoms with Crippen LogP contribution in [0.4, 0.5) is 0 Å². The molecule has 0 saturated carbocycles. The SMILES string of the molecule is CC(=O)N1CCC[C@H](CC(=O)OCc2ccccc2)[C@@H]1c1ccccc1.O=C(C[C@H]1CCCN[C@H]1c1ccccc1)OCc1ccccc1. The van der Waals surface area contributed by atoms with Crippen molar-refractivity contribution in [1.29, 1.82) is 0 Å². The average Bonchev–Trinajstić information content (AvgIpc) is 3.15. The predicted molar refractivity (Wildman–Crippen MR) is 191 cm³/mol. The summed E-state index contributed by atoms with van der Waals surface area (Å²) in [6.07, 6.45) is 4.81. The molecule has 2 aliphatic rings. The maximum atomic E-state index is 12.4. The van der Waals surface area contributed by atoms with E-state index in [2.05, 4.69) is 29.6 Å². The molecule has 0 radical (unpaired) electrons. The Kier molecular flexibility index (Phi) is 13.6. The van der Waals surface area contributed by atoms with Crippen molar-refractivity contribution in [3.8, 4) is 0 Å².